The van der Waals surface area contributed by atoms with E-state index in [1.165, 1.54) is 30.3 Å². The zero-order valence-corrected chi connectivity index (χ0v) is 18.4. The van der Waals surface area contributed by atoms with Crippen molar-refractivity contribution in [2.45, 2.75) is 11.8 Å². The minimum Gasteiger partial charge on any atom is -0.322 e. The summed E-state index contributed by atoms with van der Waals surface area (Å²) in [5, 5.41) is 2.55. The maximum absolute atomic E-state index is 13.9. The van der Waals surface area contributed by atoms with Crippen molar-refractivity contribution in [3.8, 4) is 0 Å². The third-order valence-electron chi connectivity index (χ3n) is 4.29. The molecular weight excluding hydrogens is 469 g/mol. The first-order valence-electron chi connectivity index (χ1n) is 8.87. The Morgan fingerprint density at radius 3 is 2.26 bits per heavy atom. The number of carbonyl (C=O) groups is 1. The highest BCUT2D eigenvalue weighted by Gasteiger charge is 2.28. The highest BCUT2D eigenvalue weighted by Crippen LogP contribution is 2.30. The number of benzene rings is 3. The monoisotopic (exact) mass is 484 g/mol. The van der Waals surface area contributed by atoms with Crippen LogP contribution in [0.2, 0.25) is 10.0 Å². The molecule has 0 bridgehead atoms. The van der Waals surface area contributed by atoms with Gasteiger partial charge in [0.05, 0.1) is 26.3 Å². The summed E-state index contributed by atoms with van der Waals surface area (Å²) in [5.41, 5.74) is 0.655. The molecule has 0 atom stereocenters. The van der Waals surface area contributed by atoms with Gasteiger partial charge in [0.2, 0.25) is 5.91 Å². The van der Waals surface area contributed by atoms with E-state index >= 15 is 0 Å². The van der Waals surface area contributed by atoms with E-state index in [2.05, 4.69) is 5.32 Å². The van der Waals surface area contributed by atoms with E-state index < -0.39 is 34.1 Å². The predicted molar refractivity (Wildman–Crippen MR) is 117 cm³/mol. The van der Waals surface area contributed by atoms with Gasteiger partial charge >= 0.3 is 0 Å². The van der Waals surface area contributed by atoms with Crippen LogP contribution in [0.15, 0.2) is 65.6 Å². The second-order valence-electron chi connectivity index (χ2n) is 6.60. The molecule has 3 aromatic rings. The highest BCUT2D eigenvalue weighted by molar-refractivity contribution is 7.92. The molecule has 0 saturated heterocycles. The highest BCUT2D eigenvalue weighted by atomic mass is 35.5. The molecule has 0 radical (unpaired) electrons. The van der Waals surface area contributed by atoms with Gasteiger partial charge in [-0.3, -0.25) is 9.10 Å². The van der Waals surface area contributed by atoms with Crippen molar-refractivity contribution in [2.75, 3.05) is 16.2 Å². The third kappa shape index (κ3) is 5.33. The molecule has 0 aromatic heterocycles. The zero-order chi connectivity index (χ0) is 22.8. The zero-order valence-electron chi connectivity index (χ0n) is 16.1. The molecule has 0 aliphatic carbocycles. The molecule has 0 saturated carbocycles. The molecule has 162 valence electrons. The summed E-state index contributed by atoms with van der Waals surface area (Å²) < 4.78 is 54.4. The van der Waals surface area contributed by atoms with Crippen molar-refractivity contribution in [1.29, 1.82) is 0 Å². The number of nitrogens with zero attached hydrogens (tertiary/aromatic N) is 1. The summed E-state index contributed by atoms with van der Waals surface area (Å²) in [6.07, 6.45) is 0. The second kappa shape index (κ2) is 9.21. The Labute approximate surface area is 188 Å². The van der Waals surface area contributed by atoms with Gasteiger partial charge in [0.15, 0.2) is 0 Å². The van der Waals surface area contributed by atoms with Crippen molar-refractivity contribution in [3.63, 3.8) is 0 Å². The number of anilines is 2. The summed E-state index contributed by atoms with van der Waals surface area (Å²) >= 11 is 12.0. The second-order valence-corrected chi connectivity index (χ2v) is 9.27. The Morgan fingerprint density at radius 2 is 1.65 bits per heavy atom. The van der Waals surface area contributed by atoms with E-state index in [0.717, 1.165) is 22.0 Å². The minimum atomic E-state index is -4.19. The summed E-state index contributed by atoms with van der Waals surface area (Å²) in [4.78, 5) is 12.5. The fourth-order valence-corrected chi connectivity index (χ4v) is 4.41. The minimum absolute atomic E-state index is 0.0510. The van der Waals surface area contributed by atoms with Crippen LogP contribution in [0, 0.1) is 18.6 Å². The van der Waals surface area contributed by atoms with E-state index in [-0.39, 0.29) is 26.3 Å². The molecule has 0 unspecified atom stereocenters. The summed E-state index contributed by atoms with van der Waals surface area (Å²) in [7, 11) is -4.19. The molecule has 3 rings (SSSR count). The molecule has 0 spiro atoms. The first-order chi connectivity index (χ1) is 14.6. The number of amides is 1. The SMILES string of the molecule is Cc1ccc(S(=O)(=O)N(CC(=O)Nc2ccc(F)cc2F)c2ccc(Cl)c(Cl)c2)cc1. The quantitative estimate of drug-likeness (QED) is 0.508. The standard InChI is InChI=1S/C21H16Cl2F2N2O3S/c1-13-2-6-16(7-3-13)31(29,30)27(15-5-8-17(22)18(23)11-15)12-21(28)26-20-9-4-14(24)10-19(20)25/h2-11H,12H2,1H3,(H,26,28). The van der Waals surface area contributed by atoms with Crippen LogP contribution in [-0.2, 0) is 14.8 Å². The summed E-state index contributed by atoms with van der Waals surface area (Å²) in [6.45, 7) is 1.11. The van der Waals surface area contributed by atoms with Gasteiger partial charge in [0, 0.05) is 6.07 Å². The maximum atomic E-state index is 13.9. The van der Waals surface area contributed by atoms with Crippen LogP contribution < -0.4 is 9.62 Å². The lowest BCUT2D eigenvalue weighted by Gasteiger charge is -2.24. The number of rotatable bonds is 6. The van der Waals surface area contributed by atoms with Gasteiger partial charge in [-0.25, -0.2) is 17.2 Å². The fraction of sp³-hybridized carbons (Fsp3) is 0.0952. The Kier molecular flexibility index (Phi) is 6.83. The Morgan fingerprint density at radius 1 is 0.968 bits per heavy atom. The molecule has 0 aliphatic rings. The Balaban J connectivity index is 1.98. The smallest absolute Gasteiger partial charge is 0.264 e. The van der Waals surface area contributed by atoms with Crippen LogP contribution in [0.1, 0.15) is 5.56 Å². The van der Waals surface area contributed by atoms with Crippen LogP contribution in [0.4, 0.5) is 20.2 Å². The van der Waals surface area contributed by atoms with Crippen molar-refractivity contribution in [2.24, 2.45) is 0 Å². The molecule has 5 nitrogen and oxygen atoms in total. The van der Waals surface area contributed by atoms with Crippen LogP contribution in [0.5, 0.6) is 0 Å². The number of halogens is 4. The fourth-order valence-electron chi connectivity index (χ4n) is 2.70. The summed E-state index contributed by atoms with van der Waals surface area (Å²) in [6, 6.07) is 12.8. The van der Waals surface area contributed by atoms with Gasteiger partial charge in [-0.2, -0.15) is 0 Å². The third-order valence-corrected chi connectivity index (χ3v) is 6.82. The molecule has 0 heterocycles. The normalized spacial score (nSPS) is 11.3. The molecule has 31 heavy (non-hydrogen) atoms. The van der Waals surface area contributed by atoms with Gasteiger partial charge in [-0.05, 0) is 49.4 Å². The first-order valence-corrected chi connectivity index (χ1v) is 11.1. The number of carbonyl (C=O) groups excluding carboxylic acids is 1. The molecule has 0 aliphatic heterocycles. The van der Waals surface area contributed by atoms with Crippen LogP contribution in [0.3, 0.4) is 0 Å². The number of hydrogen-bond acceptors (Lipinski definition) is 3. The molecule has 10 heteroatoms. The van der Waals surface area contributed by atoms with Crippen molar-refractivity contribution in [3.05, 3.63) is 87.9 Å². The average molecular weight is 485 g/mol. The molecule has 1 amide bonds. The predicted octanol–water partition coefficient (Wildman–Crippen LogP) is 5.41. The van der Waals surface area contributed by atoms with E-state index in [1.807, 2.05) is 0 Å². The van der Waals surface area contributed by atoms with Crippen molar-refractivity contribution >= 4 is 50.5 Å². The van der Waals surface area contributed by atoms with E-state index in [9.17, 15) is 22.0 Å². The summed E-state index contributed by atoms with van der Waals surface area (Å²) in [5.74, 6) is -2.64. The van der Waals surface area contributed by atoms with E-state index in [1.54, 1.807) is 19.1 Å². The molecular formula is C21H16Cl2F2N2O3S. The Bertz CT molecular complexity index is 1240. The van der Waals surface area contributed by atoms with Crippen LogP contribution in [0.25, 0.3) is 0 Å². The number of nitrogens with one attached hydrogen (secondary N) is 1. The molecule has 3 aromatic carbocycles. The lowest BCUT2D eigenvalue weighted by molar-refractivity contribution is -0.114. The lowest BCUT2D eigenvalue weighted by Crippen LogP contribution is -2.38. The number of sulfonamides is 1. The van der Waals surface area contributed by atoms with Gasteiger partial charge in [0.1, 0.15) is 18.2 Å². The van der Waals surface area contributed by atoms with Gasteiger partial charge in [-0.15, -0.1) is 0 Å². The topological polar surface area (TPSA) is 66.5 Å². The van der Waals surface area contributed by atoms with Crippen molar-refractivity contribution in [1.82, 2.24) is 0 Å². The number of aryl methyl sites for hydroxylation is 1. The van der Waals surface area contributed by atoms with Gasteiger partial charge in [0.25, 0.3) is 10.0 Å². The first kappa shape index (κ1) is 23.0. The average Bonchev–Trinajstić information content (AvgIpc) is 2.71. The largest absolute Gasteiger partial charge is 0.322 e. The van der Waals surface area contributed by atoms with E-state index in [0.29, 0.717) is 6.07 Å². The molecule has 0 fully saturated rings. The lowest BCUT2D eigenvalue weighted by atomic mass is 10.2. The van der Waals surface area contributed by atoms with Gasteiger partial charge < -0.3 is 5.32 Å². The van der Waals surface area contributed by atoms with E-state index in [4.69, 9.17) is 23.2 Å². The van der Waals surface area contributed by atoms with Crippen molar-refractivity contribution < 1.29 is 22.0 Å². The van der Waals surface area contributed by atoms with Crippen LogP contribution >= 0.6 is 23.2 Å². The number of hydrogen-bond donors (Lipinski definition) is 1. The van der Waals surface area contributed by atoms with Gasteiger partial charge in [-0.1, -0.05) is 40.9 Å². The van der Waals surface area contributed by atoms with Crippen LogP contribution in [-0.4, -0.2) is 20.9 Å². The maximum Gasteiger partial charge on any atom is 0.264 e. The molecule has 1 N–H and O–H groups in total. The Hall–Kier alpha value is -2.68.